The summed E-state index contributed by atoms with van der Waals surface area (Å²) in [5.41, 5.74) is -0.504. The van der Waals surface area contributed by atoms with Gasteiger partial charge in [-0.25, -0.2) is 4.79 Å². The van der Waals surface area contributed by atoms with Crippen LogP contribution in [0.25, 0.3) is 0 Å². The molecule has 1 unspecified atom stereocenters. The van der Waals surface area contributed by atoms with E-state index < -0.39 is 5.63 Å². The van der Waals surface area contributed by atoms with Crippen LogP contribution in [-0.4, -0.2) is 11.9 Å². The number of carbonyl (C=O) groups is 1. The summed E-state index contributed by atoms with van der Waals surface area (Å²) in [4.78, 5) is 23.3. The Morgan fingerprint density at radius 1 is 1.44 bits per heavy atom. The molecule has 2 heterocycles. The van der Waals surface area contributed by atoms with Gasteiger partial charge in [0, 0.05) is 18.9 Å². The topological polar surface area (TPSA) is 56.5 Å². The smallest absolute Gasteiger partial charge is 0.350 e. The SMILES string of the molecule is CCCc1cc2c(c(=O)o1)C(=O)CC(C)O2. The summed E-state index contributed by atoms with van der Waals surface area (Å²) in [5.74, 6) is 0.766. The Morgan fingerprint density at radius 3 is 2.88 bits per heavy atom. The lowest BCUT2D eigenvalue weighted by Crippen LogP contribution is -2.29. The third-order valence-corrected chi connectivity index (χ3v) is 2.54. The molecule has 0 fully saturated rings. The fourth-order valence-electron chi connectivity index (χ4n) is 1.85. The summed E-state index contributed by atoms with van der Waals surface area (Å²) < 4.78 is 10.6. The lowest BCUT2D eigenvalue weighted by atomic mass is 10.0. The van der Waals surface area contributed by atoms with E-state index in [2.05, 4.69) is 0 Å². The maximum Gasteiger partial charge on any atom is 0.350 e. The largest absolute Gasteiger partial charge is 0.489 e. The molecular weight excluding hydrogens is 208 g/mol. The van der Waals surface area contributed by atoms with Crippen LogP contribution in [0.5, 0.6) is 5.75 Å². The molecule has 0 aliphatic carbocycles. The molecule has 4 heteroatoms. The standard InChI is InChI=1S/C12H14O4/c1-3-4-8-6-10-11(12(14)16-8)9(13)5-7(2)15-10/h6-7H,3-5H2,1-2H3. The molecule has 0 aromatic carbocycles. The molecule has 2 rings (SSSR count). The van der Waals surface area contributed by atoms with Gasteiger partial charge in [0.1, 0.15) is 23.2 Å². The van der Waals surface area contributed by atoms with Crippen molar-refractivity contribution in [3.63, 3.8) is 0 Å². The highest BCUT2D eigenvalue weighted by Crippen LogP contribution is 2.26. The molecule has 1 aromatic heterocycles. The molecule has 0 amide bonds. The number of hydrogen-bond acceptors (Lipinski definition) is 4. The van der Waals surface area contributed by atoms with Crippen LogP contribution in [0.2, 0.25) is 0 Å². The van der Waals surface area contributed by atoms with Gasteiger partial charge in [0.05, 0.1) is 0 Å². The maximum absolute atomic E-state index is 11.6. The third kappa shape index (κ3) is 1.87. The molecule has 16 heavy (non-hydrogen) atoms. The van der Waals surface area contributed by atoms with Gasteiger partial charge in [0.2, 0.25) is 0 Å². The van der Waals surface area contributed by atoms with E-state index in [1.165, 1.54) is 0 Å². The van der Waals surface area contributed by atoms with Crippen molar-refractivity contribution in [1.29, 1.82) is 0 Å². The van der Waals surface area contributed by atoms with Gasteiger partial charge in [0.25, 0.3) is 0 Å². The predicted molar refractivity (Wildman–Crippen MR) is 58.0 cm³/mol. The fourth-order valence-corrected chi connectivity index (χ4v) is 1.85. The average molecular weight is 222 g/mol. The van der Waals surface area contributed by atoms with Crippen molar-refractivity contribution < 1.29 is 13.9 Å². The van der Waals surface area contributed by atoms with Gasteiger partial charge < -0.3 is 9.15 Å². The summed E-state index contributed by atoms with van der Waals surface area (Å²) in [6.07, 6.45) is 1.63. The van der Waals surface area contributed by atoms with Gasteiger partial charge in [-0.1, -0.05) is 6.92 Å². The van der Waals surface area contributed by atoms with Crippen LogP contribution in [0.4, 0.5) is 0 Å². The van der Waals surface area contributed by atoms with E-state index in [9.17, 15) is 9.59 Å². The van der Waals surface area contributed by atoms with E-state index >= 15 is 0 Å². The molecule has 1 aliphatic rings. The van der Waals surface area contributed by atoms with E-state index in [4.69, 9.17) is 9.15 Å². The highest BCUT2D eigenvalue weighted by atomic mass is 16.5. The molecule has 86 valence electrons. The number of Topliss-reactive ketones (excluding diaryl/α,β-unsaturated/α-hetero) is 1. The molecule has 0 radical (unpaired) electrons. The van der Waals surface area contributed by atoms with Crippen LogP contribution < -0.4 is 10.4 Å². The fraction of sp³-hybridized carbons (Fsp3) is 0.500. The molecule has 0 saturated heterocycles. The summed E-state index contributed by atoms with van der Waals surface area (Å²) in [7, 11) is 0. The second-order valence-electron chi connectivity index (χ2n) is 4.05. The van der Waals surface area contributed by atoms with Crippen LogP contribution in [0.3, 0.4) is 0 Å². The van der Waals surface area contributed by atoms with E-state index in [-0.39, 0.29) is 23.9 Å². The van der Waals surface area contributed by atoms with E-state index in [1.54, 1.807) is 6.07 Å². The quantitative estimate of drug-likeness (QED) is 0.767. The number of rotatable bonds is 2. The Labute approximate surface area is 93.2 Å². The van der Waals surface area contributed by atoms with Crippen molar-refractivity contribution in [1.82, 2.24) is 0 Å². The van der Waals surface area contributed by atoms with Crippen molar-refractivity contribution in [3.8, 4) is 5.75 Å². The Hall–Kier alpha value is -1.58. The van der Waals surface area contributed by atoms with Crippen LogP contribution >= 0.6 is 0 Å². The van der Waals surface area contributed by atoms with E-state index in [1.807, 2.05) is 13.8 Å². The minimum absolute atomic E-state index is 0.0675. The number of aryl methyl sites for hydroxylation is 1. The minimum atomic E-state index is -0.571. The van der Waals surface area contributed by atoms with Crippen molar-refractivity contribution in [3.05, 3.63) is 27.8 Å². The first-order valence-electron chi connectivity index (χ1n) is 5.48. The first kappa shape index (κ1) is 10.9. The number of fused-ring (bicyclic) bond motifs is 1. The Kier molecular flexibility index (Phi) is 2.81. The van der Waals surface area contributed by atoms with Crippen LogP contribution in [0, 0.1) is 0 Å². The van der Waals surface area contributed by atoms with Crippen LogP contribution in [0.15, 0.2) is 15.3 Å². The monoisotopic (exact) mass is 222 g/mol. The van der Waals surface area contributed by atoms with Crippen molar-refractivity contribution in [2.24, 2.45) is 0 Å². The Morgan fingerprint density at radius 2 is 2.19 bits per heavy atom. The third-order valence-electron chi connectivity index (χ3n) is 2.54. The Balaban J connectivity index is 2.50. The minimum Gasteiger partial charge on any atom is -0.489 e. The van der Waals surface area contributed by atoms with Gasteiger partial charge in [-0.3, -0.25) is 4.79 Å². The van der Waals surface area contributed by atoms with Gasteiger partial charge in [-0.05, 0) is 13.3 Å². The highest BCUT2D eigenvalue weighted by molar-refractivity contribution is 5.99. The molecule has 0 N–H and O–H groups in total. The van der Waals surface area contributed by atoms with Gasteiger partial charge in [-0.15, -0.1) is 0 Å². The molecule has 0 bridgehead atoms. The normalized spacial score (nSPS) is 19.1. The zero-order valence-corrected chi connectivity index (χ0v) is 9.41. The average Bonchev–Trinajstić information content (AvgIpc) is 2.15. The number of hydrogen-bond donors (Lipinski definition) is 0. The lowest BCUT2D eigenvalue weighted by molar-refractivity contribution is 0.0861. The molecular formula is C12H14O4. The van der Waals surface area contributed by atoms with Gasteiger partial charge in [-0.2, -0.15) is 0 Å². The number of ketones is 1. The second-order valence-corrected chi connectivity index (χ2v) is 4.05. The van der Waals surface area contributed by atoms with E-state index in [0.717, 1.165) is 6.42 Å². The van der Waals surface area contributed by atoms with Crippen molar-refractivity contribution in [2.45, 2.75) is 39.2 Å². The zero-order valence-electron chi connectivity index (χ0n) is 9.41. The van der Waals surface area contributed by atoms with Crippen molar-refractivity contribution >= 4 is 5.78 Å². The summed E-state index contributed by atoms with van der Waals surface area (Å²) in [6, 6.07) is 1.66. The summed E-state index contributed by atoms with van der Waals surface area (Å²) >= 11 is 0. The first-order chi connectivity index (χ1) is 7.61. The number of carbonyl (C=O) groups excluding carboxylic acids is 1. The van der Waals surface area contributed by atoms with Gasteiger partial charge in [0.15, 0.2) is 5.78 Å². The molecule has 4 nitrogen and oxygen atoms in total. The number of ether oxygens (including phenoxy) is 1. The second kappa shape index (κ2) is 4.12. The van der Waals surface area contributed by atoms with E-state index in [0.29, 0.717) is 17.9 Å². The molecule has 0 spiro atoms. The maximum atomic E-state index is 11.6. The van der Waals surface area contributed by atoms with Gasteiger partial charge >= 0.3 is 5.63 Å². The van der Waals surface area contributed by atoms with Crippen LogP contribution in [-0.2, 0) is 6.42 Å². The first-order valence-corrected chi connectivity index (χ1v) is 5.48. The zero-order chi connectivity index (χ0) is 11.7. The summed E-state index contributed by atoms with van der Waals surface area (Å²) in [5, 5.41) is 0. The molecule has 1 aliphatic heterocycles. The highest BCUT2D eigenvalue weighted by Gasteiger charge is 2.28. The molecule has 1 atom stereocenters. The molecule has 0 saturated carbocycles. The van der Waals surface area contributed by atoms with Crippen LogP contribution in [0.1, 0.15) is 42.8 Å². The Bertz CT molecular complexity index is 472. The van der Waals surface area contributed by atoms with Crippen molar-refractivity contribution in [2.75, 3.05) is 0 Å². The summed E-state index contributed by atoms with van der Waals surface area (Å²) in [6.45, 7) is 3.81. The predicted octanol–water partition coefficient (Wildman–Crippen LogP) is 1.95. The molecule has 1 aromatic rings. The lowest BCUT2D eigenvalue weighted by Gasteiger charge is -2.21.